The van der Waals surface area contributed by atoms with Crippen LogP contribution in [-0.4, -0.2) is 33.7 Å². The predicted octanol–water partition coefficient (Wildman–Crippen LogP) is 1.61. The molecule has 120 valence electrons. The fourth-order valence-corrected chi connectivity index (χ4v) is 3.92. The van der Waals surface area contributed by atoms with Gasteiger partial charge in [0.05, 0.1) is 12.9 Å². The summed E-state index contributed by atoms with van der Waals surface area (Å²) in [6.07, 6.45) is 2.48. The minimum absolute atomic E-state index is 0.0339. The monoisotopic (exact) mass is 323 g/mol. The van der Waals surface area contributed by atoms with Crippen molar-refractivity contribution in [1.29, 1.82) is 0 Å². The maximum absolute atomic E-state index is 11.9. The van der Waals surface area contributed by atoms with Crippen molar-refractivity contribution in [3.8, 4) is 5.75 Å². The lowest BCUT2D eigenvalue weighted by molar-refractivity contribution is -0.121. The zero-order valence-electron chi connectivity index (χ0n) is 12.8. The molecule has 1 atom stereocenters. The Kier molecular flexibility index (Phi) is 5.24. The van der Waals surface area contributed by atoms with Gasteiger partial charge in [0.25, 0.3) is 0 Å². The van der Waals surface area contributed by atoms with Crippen molar-refractivity contribution in [2.24, 2.45) is 5.92 Å². The van der Waals surface area contributed by atoms with E-state index >= 15 is 0 Å². The first-order chi connectivity index (χ1) is 10.4. The lowest BCUT2D eigenvalue weighted by Gasteiger charge is -2.11. The maximum atomic E-state index is 11.9. The van der Waals surface area contributed by atoms with Crippen LogP contribution in [0.15, 0.2) is 29.7 Å². The quantitative estimate of drug-likeness (QED) is 0.863. The molecular formula is C16H21NO4S. The van der Waals surface area contributed by atoms with Gasteiger partial charge in [-0.2, -0.15) is 0 Å². The second-order valence-electron chi connectivity index (χ2n) is 5.54. The lowest BCUT2D eigenvalue weighted by Crippen LogP contribution is -2.28. The average molecular weight is 323 g/mol. The third-order valence-electron chi connectivity index (χ3n) is 3.60. The van der Waals surface area contributed by atoms with Gasteiger partial charge >= 0.3 is 0 Å². The highest BCUT2D eigenvalue weighted by Crippen LogP contribution is 2.20. The number of carbonyl (C=O) groups is 1. The number of nitrogens with one attached hydrogen (secondary N) is 1. The van der Waals surface area contributed by atoms with Gasteiger partial charge in [-0.25, -0.2) is 8.42 Å². The molecule has 0 aromatic heterocycles. The predicted molar refractivity (Wildman–Crippen MR) is 85.5 cm³/mol. The van der Waals surface area contributed by atoms with Crippen molar-refractivity contribution in [2.45, 2.75) is 19.8 Å². The third-order valence-corrected chi connectivity index (χ3v) is 5.07. The van der Waals surface area contributed by atoms with Crippen LogP contribution in [0.1, 0.15) is 17.5 Å². The molecule has 0 saturated carbocycles. The largest absolute Gasteiger partial charge is 0.496 e. The number of hydrogen-bond acceptors (Lipinski definition) is 4. The molecule has 1 aromatic rings. The standard InChI is InChI=1S/C16H21NO4S/c1-12-3-4-15(21-2)14(9-12)5-7-17-16(18)10-13-6-8-22(19,20)11-13/h3-4,6,8-9,13H,5,7,10-11H2,1-2H3,(H,17,18). The van der Waals surface area contributed by atoms with Gasteiger partial charge in [-0.15, -0.1) is 0 Å². The van der Waals surface area contributed by atoms with E-state index in [1.807, 2.05) is 25.1 Å². The molecule has 0 radical (unpaired) electrons. The van der Waals surface area contributed by atoms with Crippen LogP contribution in [0.4, 0.5) is 0 Å². The minimum Gasteiger partial charge on any atom is -0.496 e. The van der Waals surface area contributed by atoms with E-state index in [4.69, 9.17) is 4.74 Å². The second-order valence-corrected chi connectivity index (χ2v) is 7.47. The Morgan fingerprint density at radius 3 is 2.82 bits per heavy atom. The van der Waals surface area contributed by atoms with Crippen molar-refractivity contribution in [1.82, 2.24) is 5.32 Å². The summed E-state index contributed by atoms with van der Waals surface area (Å²) in [5.41, 5.74) is 2.19. The second kappa shape index (κ2) is 6.96. The number of allylic oxidation sites excluding steroid dienone is 1. The van der Waals surface area contributed by atoms with E-state index in [0.717, 1.165) is 16.9 Å². The molecule has 0 aliphatic carbocycles. The van der Waals surface area contributed by atoms with Crippen molar-refractivity contribution in [3.63, 3.8) is 0 Å². The highest BCUT2D eigenvalue weighted by molar-refractivity contribution is 7.94. The Balaban J connectivity index is 1.80. The zero-order valence-corrected chi connectivity index (χ0v) is 13.7. The van der Waals surface area contributed by atoms with Crippen molar-refractivity contribution >= 4 is 15.7 Å². The van der Waals surface area contributed by atoms with Gasteiger partial charge in [0.15, 0.2) is 9.84 Å². The van der Waals surface area contributed by atoms with Crippen molar-refractivity contribution in [3.05, 3.63) is 40.8 Å². The van der Waals surface area contributed by atoms with Crippen LogP contribution in [0.5, 0.6) is 5.75 Å². The highest BCUT2D eigenvalue weighted by Gasteiger charge is 2.23. The SMILES string of the molecule is COc1ccc(C)cc1CCNC(=O)CC1C=CS(=O)(=O)C1. The molecule has 1 amide bonds. The van der Waals surface area contributed by atoms with Gasteiger partial charge < -0.3 is 10.1 Å². The van der Waals surface area contributed by atoms with Crippen LogP contribution in [-0.2, 0) is 21.1 Å². The Hall–Kier alpha value is -1.82. The fourth-order valence-electron chi connectivity index (χ4n) is 2.52. The number of rotatable bonds is 6. The Bertz CT molecular complexity index is 679. The van der Waals surface area contributed by atoms with Crippen molar-refractivity contribution in [2.75, 3.05) is 19.4 Å². The zero-order chi connectivity index (χ0) is 16.2. The molecule has 0 bridgehead atoms. The van der Waals surface area contributed by atoms with Crippen LogP contribution in [0, 0.1) is 12.8 Å². The number of benzene rings is 1. The van der Waals surface area contributed by atoms with Crippen molar-refractivity contribution < 1.29 is 17.9 Å². The van der Waals surface area contributed by atoms with Gasteiger partial charge in [-0.1, -0.05) is 23.8 Å². The number of ether oxygens (including phenoxy) is 1. The molecule has 22 heavy (non-hydrogen) atoms. The van der Waals surface area contributed by atoms with Gasteiger partial charge in [-0.05, 0) is 25.0 Å². The molecule has 1 aliphatic heterocycles. The summed E-state index contributed by atoms with van der Waals surface area (Å²) in [7, 11) is -1.47. The molecule has 0 saturated heterocycles. The Morgan fingerprint density at radius 2 is 2.18 bits per heavy atom. The van der Waals surface area contributed by atoms with E-state index in [-0.39, 0.29) is 24.0 Å². The van der Waals surface area contributed by atoms with Gasteiger partial charge in [0.2, 0.25) is 5.91 Å². The molecule has 2 rings (SSSR count). The molecule has 1 aliphatic rings. The number of hydrogen-bond donors (Lipinski definition) is 1. The summed E-state index contributed by atoms with van der Waals surface area (Å²) in [4.78, 5) is 11.9. The van der Waals surface area contributed by atoms with Crippen LogP contribution in [0.25, 0.3) is 0 Å². The van der Waals surface area contributed by atoms with E-state index in [2.05, 4.69) is 5.32 Å². The molecule has 5 nitrogen and oxygen atoms in total. The van der Waals surface area contributed by atoms with E-state index in [1.165, 1.54) is 5.41 Å². The average Bonchev–Trinajstić information content (AvgIpc) is 2.78. The summed E-state index contributed by atoms with van der Waals surface area (Å²) in [5.74, 6) is 0.508. The first-order valence-corrected chi connectivity index (χ1v) is 8.92. The number of methoxy groups -OCH3 is 1. The molecular weight excluding hydrogens is 302 g/mol. The van der Waals surface area contributed by atoms with E-state index in [9.17, 15) is 13.2 Å². The lowest BCUT2D eigenvalue weighted by atomic mass is 10.1. The Labute approximate surface area is 131 Å². The fraction of sp³-hybridized carbons (Fsp3) is 0.438. The van der Waals surface area contributed by atoms with Gasteiger partial charge in [0, 0.05) is 24.3 Å². The summed E-state index contributed by atoms with van der Waals surface area (Å²) < 4.78 is 27.9. The Morgan fingerprint density at radius 1 is 1.41 bits per heavy atom. The molecule has 1 unspecified atom stereocenters. The van der Waals surface area contributed by atoms with Crippen LogP contribution in [0.2, 0.25) is 0 Å². The molecule has 0 spiro atoms. The molecule has 1 heterocycles. The minimum atomic E-state index is -3.10. The summed E-state index contributed by atoms with van der Waals surface area (Å²) in [6, 6.07) is 5.94. The first kappa shape index (κ1) is 16.5. The smallest absolute Gasteiger partial charge is 0.220 e. The van der Waals surface area contributed by atoms with Gasteiger partial charge in [-0.3, -0.25) is 4.79 Å². The summed E-state index contributed by atoms with van der Waals surface area (Å²) >= 11 is 0. The van der Waals surface area contributed by atoms with Crippen LogP contribution < -0.4 is 10.1 Å². The number of sulfone groups is 1. The molecule has 1 aromatic carbocycles. The number of aryl methyl sites for hydroxylation is 1. The van der Waals surface area contributed by atoms with E-state index in [0.29, 0.717) is 13.0 Å². The van der Waals surface area contributed by atoms with Crippen LogP contribution in [0.3, 0.4) is 0 Å². The van der Waals surface area contributed by atoms with E-state index < -0.39 is 9.84 Å². The van der Waals surface area contributed by atoms with E-state index in [1.54, 1.807) is 13.2 Å². The number of amides is 1. The third kappa shape index (κ3) is 4.59. The topological polar surface area (TPSA) is 72.5 Å². The number of carbonyl (C=O) groups excluding carboxylic acids is 1. The molecule has 0 fully saturated rings. The maximum Gasteiger partial charge on any atom is 0.220 e. The summed E-state index contributed by atoms with van der Waals surface area (Å²) in [5, 5.41) is 4.03. The highest BCUT2D eigenvalue weighted by atomic mass is 32.2. The summed E-state index contributed by atoms with van der Waals surface area (Å²) in [6.45, 7) is 2.51. The molecule has 1 N–H and O–H groups in total. The van der Waals surface area contributed by atoms with Gasteiger partial charge in [0.1, 0.15) is 5.75 Å². The normalized spacial score (nSPS) is 19.1. The first-order valence-electron chi connectivity index (χ1n) is 7.21. The molecule has 6 heteroatoms. The van der Waals surface area contributed by atoms with Crippen LogP contribution >= 0.6 is 0 Å².